The fraction of sp³-hybridized carbons (Fsp3) is 0.929. The van der Waals surface area contributed by atoms with Crippen molar-refractivity contribution in [3.05, 3.63) is 0 Å². The topological polar surface area (TPSA) is 55.8 Å². The Morgan fingerprint density at radius 1 is 1.21 bits per heavy atom. The van der Waals surface area contributed by atoms with Gasteiger partial charge in [-0.05, 0) is 18.9 Å². The van der Waals surface area contributed by atoms with Crippen molar-refractivity contribution in [2.45, 2.75) is 65.1 Å². The summed E-state index contributed by atoms with van der Waals surface area (Å²) >= 11 is 0. The maximum atomic E-state index is 11.7. The molecule has 114 valence electrons. The summed E-state index contributed by atoms with van der Waals surface area (Å²) in [7, 11) is -1.07. The maximum Gasteiger partial charge on any atom is 0.163 e. The number of aliphatic hydroxyl groups is 1. The fourth-order valence-electron chi connectivity index (χ4n) is 1.29. The summed E-state index contributed by atoms with van der Waals surface area (Å²) in [4.78, 5) is 11.7. The summed E-state index contributed by atoms with van der Waals surface area (Å²) < 4.78 is 10.7. The van der Waals surface area contributed by atoms with Crippen molar-refractivity contribution >= 4 is 13.9 Å². The van der Waals surface area contributed by atoms with Gasteiger partial charge in [0, 0.05) is 21.1 Å². The van der Waals surface area contributed by atoms with Crippen molar-refractivity contribution in [1.82, 2.24) is 0 Å². The van der Waals surface area contributed by atoms with E-state index < -0.39 is 20.3 Å². The summed E-state index contributed by atoms with van der Waals surface area (Å²) in [6.07, 6.45) is -0.958. The predicted molar refractivity (Wildman–Crippen MR) is 80.0 cm³/mol. The Kier molecular flexibility index (Phi) is 8.73. The Morgan fingerprint density at radius 3 is 2.26 bits per heavy atom. The Morgan fingerprint density at radius 2 is 1.79 bits per heavy atom. The van der Waals surface area contributed by atoms with Crippen LogP contribution in [0.1, 0.15) is 27.2 Å². The van der Waals surface area contributed by atoms with Crippen molar-refractivity contribution in [2.75, 3.05) is 13.4 Å². The normalized spacial score (nSPS) is 15.6. The molecule has 0 aliphatic rings. The molecule has 5 heteroatoms. The van der Waals surface area contributed by atoms with Gasteiger partial charge >= 0.3 is 0 Å². The van der Waals surface area contributed by atoms with Crippen LogP contribution in [0.3, 0.4) is 0 Å². The van der Waals surface area contributed by atoms with Crippen molar-refractivity contribution in [3.8, 4) is 0 Å². The van der Waals surface area contributed by atoms with Crippen LogP contribution in [0.4, 0.5) is 0 Å². The Balaban J connectivity index is 3.74. The van der Waals surface area contributed by atoms with Crippen LogP contribution in [0.15, 0.2) is 0 Å². The highest BCUT2D eigenvalue weighted by molar-refractivity contribution is 6.76. The second-order valence-electron chi connectivity index (χ2n) is 6.63. The molecule has 19 heavy (non-hydrogen) atoms. The molecular formula is C14H30O4Si. The van der Waals surface area contributed by atoms with Gasteiger partial charge < -0.3 is 14.6 Å². The molecule has 0 rings (SSSR count). The van der Waals surface area contributed by atoms with E-state index in [4.69, 9.17) is 9.47 Å². The van der Waals surface area contributed by atoms with E-state index in [2.05, 4.69) is 19.6 Å². The SMILES string of the molecule is CC(C)[C@H](O)CC(=O)[C@@H](C)OCOCC[Si](C)(C)C. The minimum atomic E-state index is -1.07. The van der Waals surface area contributed by atoms with E-state index in [1.165, 1.54) is 0 Å². The Hall–Kier alpha value is -0.233. The van der Waals surface area contributed by atoms with Crippen LogP contribution in [0.5, 0.6) is 0 Å². The van der Waals surface area contributed by atoms with Crippen LogP contribution in [-0.2, 0) is 14.3 Å². The average Bonchev–Trinajstić information content (AvgIpc) is 2.26. The summed E-state index contributed by atoms with van der Waals surface area (Å²) in [5.41, 5.74) is 0. The zero-order valence-corrected chi connectivity index (χ0v) is 14.2. The fourth-order valence-corrected chi connectivity index (χ4v) is 2.04. The molecule has 0 aromatic carbocycles. The minimum Gasteiger partial charge on any atom is -0.392 e. The molecule has 2 atom stereocenters. The summed E-state index contributed by atoms with van der Waals surface area (Å²) in [5.74, 6) is 0.0131. The van der Waals surface area contributed by atoms with Gasteiger partial charge in [-0.1, -0.05) is 33.5 Å². The maximum absolute atomic E-state index is 11.7. The monoisotopic (exact) mass is 290 g/mol. The molecule has 0 aromatic rings. The Labute approximate surface area is 118 Å². The van der Waals surface area contributed by atoms with Crippen LogP contribution in [0.25, 0.3) is 0 Å². The van der Waals surface area contributed by atoms with Crippen LogP contribution >= 0.6 is 0 Å². The third-order valence-corrected chi connectivity index (χ3v) is 4.74. The van der Waals surface area contributed by atoms with Crippen molar-refractivity contribution in [2.24, 2.45) is 5.92 Å². The van der Waals surface area contributed by atoms with Gasteiger partial charge in [-0.25, -0.2) is 0 Å². The molecule has 0 saturated carbocycles. The van der Waals surface area contributed by atoms with E-state index in [1.807, 2.05) is 13.8 Å². The predicted octanol–water partition coefficient (Wildman–Crippen LogP) is 2.68. The molecule has 0 aromatic heterocycles. The van der Waals surface area contributed by atoms with Gasteiger partial charge in [0.1, 0.15) is 12.9 Å². The lowest BCUT2D eigenvalue weighted by Crippen LogP contribution is -2.28. The Bertz CT molecular complexity index is 261. The number of carbonyl (C=O) groups is 1. The average molecular weight is 290 g/mol. The summed E-state index contributed by atoms with van der Waals surface area (Å²) in [6.45, 7) is 13.2. The standard InChI is InChI=1S/C14H30O4Si/c1-11(2)13(15)9-14(16)12(3)18-10-17-7-8-19(4,5)6/h11-13,15H,7-10H2,1-6H3/t12-,13-/m1/s1. The lowest BCUT2D eigenvalue weighted by Gasteiger charge is -2.18. The largest absolute Gasteiger partial charge is 0.392 e. The number of ketones is 1. The smallest absolute Gasteiger partial charge is 0.163 e. The molecule has 0 fully saturated rings. The first-order valence-corrected chi connectivity index (χ1v) is 10.7. The first-order valence-electron chi connectivity index (χ1n) is 7.03. The molecule has 4 nitrogen and oxygen atoms in total. The third kappa shape index (κ3) is 10.2. The van der Waals surface area contributed by atoms with Crippen molar-refractivity contribution < 1.29 is 19.4 Å². The molecule has 0 aliphatic carbocycles. The van der Waals surface area contributed by atoms with Crippen LogP contribution in [0.2, 0.25) is 25.7 Å². The highest BCUT2D eigenvalue weighted by Crippen LogP contribution is 2.10. The van der Waals surface area contributed by atoms with Gasteiger partial charge in [-0.2, -0.15) is 0 Å². The molecular weight excluding hydrogens is 260 g/mol. The van der Waals surface area contributed by atoms with Gasteiger partial charge in [-0.3, -0.25) is 4.79 Å². The van der Waals surface area contributed by atoms with Gasteiger partial charge in [0.25, 0.3) is 0 Å². The van der Waals surface area contributed by atoms with E-state index in [-0.39, 0.29) is 24.9 Å². The number of hydrogen-bond acceptors (Lipinski definition) is 4. The van der Waals surface area contributed by atoms with Crippen LogP contribution in [0, 0.1) is 5.92 Å². The highest BCUT2D eigenvalue weighted by Gasteiger charge is 2.20. The van der Waals surface area contributed by atoms with Crippen LogP contribution < -0.4 is 0 Å². The molecule has 0 bridgehead atoms. The van der Waals surface area contributed by atoms with E-state index in [1.54, 1.807) is 6.92 Å². The zero-order chi connectivity index (χ0) is 15.1. The van der Waals surface area contributed by atoms with Crippen molar-refractivity contribution in [1.29, 1.82) is 0 Å². The number of rotatable bonds is 10. The number of aliphatic hydroxyl groups excluding tert-OH is 1. The second-order valence-corrected chi connectivity index (χ2v) is 12.2. The van der Waals surface area contributed by atoms with E-state index in [0.717, 1.165) is 6.04 Å². The number of Topliss-reactive ketones (excluding diaryl/α,β-unsaturated/α-hetero) is 1. The molecule has 1 N–H and O–H groups in total. The summed E-state index contributed by atoms with van der Waals surface area (Å²) in [6, 6.07) is 1.09. The van der Waals surface area contributed by atoms with Crippen molar-refractivity contribution in [3.63, 3.8) is 0 Å². The van der Waals surface area contributed by atoms with Gasteiger partial charge in [-0.15, -0.1) is 0 Å². The quantitative estimate of drug-likeness (QED) is 0.382. The molecule has 0 unspecified atom stereocenters. The number of carbonyl (C=O) groups excluding carboxylic acids is 1. The molecule has 0 radical (unpaired) electrons. The number of hydrogen-bond donors (Lipinski definition) is 1. The second kappa shape index (κ2) is 8.84. The minimum absolute atomic E-state index is 0.0741. The van der Waals surface area contributed by atoms with Gasteiger partial charge in [0.2, 0.25) is 0 Å². The first-order chi connectivity index (χ1) is 8.63. The third-order valence-electron chi connectivity index (χ3n) is 3.03. The molecule has 0 spiro atoms. The highest BCUT2D eigenvalue weighted by atomic mass is 28.3. The van der Waals surface area contributed by atoms with Crippen LogP contribution in [-0.4, -0.2) is 44.6 Å². The molecule has 0 saturated heterocycles. The zero-order valence-electron chi connectivity index (χ0n) is 13.2. The van der Waals surface area contributed by atoms with E-state index in [0.29, 0.717) is 6.61 Å². The van der Waals surface area contributed by atoms with E-state index >= 15 is 0 Å². The molecule has 0 amide bonds. The first kappa shape index (κ1) is 18.8. The van der Waals surface area contributed by atoms with Gasteiger partial charge in [0.05, 0.1) is 6.10 Å². The molecule has 0 aliphatic heterocycles. The van der Waals surface area contributed by atoms with E-state index in [9.17, 15) is 9.90 Å². The summed E-state index contributed by atoms with van der Waals surface area (Å²) in [5, 5.41) is 9.64. The molecule has 0 heterocycles. The number of ether oxygens (including phenoxy) is 2. The lowest BCUT2D eigenvalue weighted by atomic mass is 10.0. The van der Waals surface area contributed by atoms with Gasteiger partial charge in [0.15, 0.2) is 5.78 Å². The lowest BCUT2D eigenvalue weighted by molar-refractivity contribution is -0.142.